The zero-order chi connectivity index (χ0) is 19.6. The minimum Gasteiger partial charge on any atom is -0.460 e. The molecule has 0 fully saturated rings. The predicted octanol–water partition coefficient (Wildman–Crippen LogP) is 2.31. The van der Waals surface area contributed by atoms with Crippen molar-refractivity contribution in [3.05, 3.63) is 41.1 Å². The van der Waals surface area contributed by atoms with Crippen LogP contribution in [0.5, 0.6) is 0 Å². The maximum atomic E-state index is 12.5. The van der Waals surface area contributed by atoms with Gasteiger partial charge in [0.05, 0.1) is 29.5 Å². The van der Waals surface area contributed by atoms with Gasteiger partial charge in [-0.2, -0.15) is 0 Å². The van der Waals surface area contributed by atoms with Gasteiger partial charge in [-0.1, -0.05) is 11.6 Å². The molecule has 1 aromatic rings. The van der Waals surface area contributed by atoms with Gasteiger partial charge in [0, 0.05) is 0 Å². The van der Waals surface area contributed by atoms with Gasteiger partial charge in [-0.25, -0.2) is 9.59 Å². The number of hydrogen-bond acceptors (Lipinski definition) is 6. The molecule has 1 aliphatic heterocycles. The Morgan fingerprint density at radius 3 is 2.23 bits per heavy atom. The van der Waals surface area contributed by atoms with E-state index in [2.05, 4.69) is 0 Å². The first-order chi connectivity index (χ1) is 12.1. The van der Waals surface area contributed by atoms with E-state index in [1.165, 1.54) is 0 Å². The van der Waals surface area contributed by atoms with E-state index in [9.17, 15) is 19.2 Å². The molecule has 7 heteroatoms. The fraction of sp³-hybridized carbons (Fsp3) is 0.368. The Balaban J connectivity index is 2.54. The topological polar surface area (TPSA) is 90.0 Å². The van der Waals surface area contributed by atoms with Crippen LogP contribution in [0.4, 0.5) is 5.69 Å². The SMILES string of the molecule is Cc1ccc2c(c1)C(=O)C(=O)N2/C(=C/C(=O)OC(C)C)C(=O)OC(C)C. The number of ketones is 1. The van der Waals surface area contributed by atoms with Crippen molar-refractivity contribution in [2.24, 2.45) is 0 Å². The van der Waals surface area contributed by atoms with E-state index >= 15 is 0 Å². The molecule has 1 heterocycles. The molecule has 0 aromatic heterocycles. The van der Waals surface area contributed by atoms with Crippen LogP contribution in [0.25, 0.3) is 0 Å². The summed E-state index contributed by atoms with van der Waals surface area (Å²) in [5.41, 5.74) is 0.844. The smallest absolute Gasteiger partial charge is 0.355 e. The summed E-state index contributed by atoms with van der Waals surface area (Å²) in [7, 11) is 0. The van der Waals surface area contributed by atoms with Gasteiger partial charge in [-0.3, -0.25) is 14.5 Å². The van der Waals surface area contributed by atoms with Crippen molar-refractivity contribution in [1.82, 2.24) is 0 Å². The van der Waals surface area contributed by atoms with Crippen LogP contribution in [-0.4, -0.2) is 35.8 Å². The van der Waals surface area contributed by atoms with Crippen LogP contribution in [-0.2, 0) is 23.9 Å². The van der Waals surface area contributed by atoms with Crippen LogP contribution in [0.3, 0.4) is 0 Å². The van der Waals surface area contributed by atoms with Gasteiger partial charge in [0.15, 0.2) is 0 Å². The minimum atomic E-state index is -0.921. The number of benzene rings is 1. The van der Waals surface area contributed by atoms with Crippen molar-refractivity contribution >= 4 is 29.3 Å². The number of aryl methyl sites for hydroxylation is 1. The summed E-state index contributed by atoms with van der Waals surface area (Å²) >= 11 is 0. The summed E-state index contributed by atoms with van der Waals surface area (Å²) in [6.07, 6.45) is -0.00456. The molecule has 1 aliphatic rings. The molecular weight excluding hydrogens is 338 g/mol. The second-order valence-electron chi connectivity index (χ2n) is 6.46. The number of anilines is 1. The minimum absolute atomic E-state index is 0.176. The molecule has 0 unspecified atom stereocenters. The van der Waals surface area contributed by atoms with Crippen LogP contribution in [0.1, 0.15) is 43.6 Å². The van der Waals surface area contributed by atoms with Gasteiger partial charge in [-0.15, -0.1) is 0 Å². The van der Waals surface area contributed by atoms with Crippen molar-refractivity contribution in [2.75, 3.05) is 4.90 Å². The van der Waals surface area contributed by atoms with Crippen molar-refractivity contribution in [2.45, 2.75) is 46.8 Å². The molecule has 0 N–H and O–H groups in total. The van der Waals surface area contributed by atoms with Crippen LogP contribution >= 0.6 is 0 Å². The van der Waals surface area contributed by atoms with E-state index in [4.69, 9.17) is 9.47 Å². The summed E-state index contributed by atoms with van der Waals surface area (Å²) < 4.78 is 10.2. The number of hydrogen-bond donors (Lipinski definition) is 0. The molecule has 138 valence electrons. The molecule has 0 spiro atoms. The third-order valence-electron chi connectivity index (χ3n) is 3.43. The average Bonchev–Trinajstić information content (AvgIpc) is 2.75. The van der Waals surface area contributed by atoms with Gasteiger partial charge in [0.25, 0.3) is 5.78 Å². The van der Waals surface area contributed by atoms with Crippen LogP contribution in [0.15, 0.2) is 30.0 Å². The fourth-order valence-electron chi connectivity index (χ4n) is 2.46. The number of ether oxygens (including phenoxy) is 2. The van der Waals surface area contributed by atoms with Crippen LogP contribution in [0.2, 0.25) is 0 Å². The zero-order valence-electron chi connectivity index (χ0n) is 15.4. The third kappa shape index (κ3) is 3.99. The first kappa shape index (κ1) is 19.4. The number of amides is 1. The van der Waals surface area contributed by atoms with Gasteiger partial charge in [0.2, 0.25) is 0 Å². The van der Waals surface area contributed by atoms with E-state index < -0.39 is 35.8 Å². The summed E-state index contributed by atoms with van der Waals surface area (Å²) in [5.74, 6) is -3.37. The van der Waals surface area contributed by atoms with E-state index in [1.54, 1.807) is 52.8 Å². The fourth-order valence-corrected chi connectivity index (χ4v) is 2.46. The molecule has 2 rings (SSSR count). The number of carbonyl (C=O) groups is 4. The third-order valence-corrected chi connectivity index (χ3v) is 3.43. The van der Waals surface area contributed by atoms with E-state index in [1.807, 2.05) is 0 Å². The zero-order valence-corrected chi connectivity index (χ0v) is 15.4. The molecule has 0 radical (unpaired) electrons. The van der Waals surface area contributed by atoms with Gasteiger partial charge in [-0.05, 0) is 46.8 Å². The highest BCUT2D eigenvalue weighted by molar-refractivity contribution is 6.53. The number of esters is 2. The summed E-state index contributed by atoms with van der Waals surface area (Å²) in [6.45, 7) is 8.36. The van der Waals surface area contributed by atoms with Gasteiger partial charge >= 0.3 is 17.8 Å². The van der Waals surface area contributed by atoms with E-state index in [-0.39, 0.29) is 16.9 Å². The highest BCUT2D eigenvalue weighted by Crippen LogP contribution is 2.33. The van der Waals surface area contributed by atoms with Gasteiger partial charge in [0.1, 0.15) is 5.70 Å². The number of nitrogens with zero attached hydrogens (tertiary/aromatic N) is 1. The van der Waals surface area contributed by atoms with Crippen molar-refractivity contribution in [1.29, 1.82) is 0 Å². The Morgan fingerprint density at radius 1 is 1.04 bits per heavy atom. The van der Waals surface area contributed by atoms with Crippen molar-refractivity contribution in [3.63, 3.8) is 0 Å². The Hall–Kier alpha value is -2.96. The Kier molecular flexibility index (Phi) is 5.59. The first-order valence-corrected chi connectivity index (χ1v) is 8.24. The molecular formula is C19H21NO6. The lowest BCUT2D eigenvalue weighted by atomic mass is 10.1. The highest BCUT2D eigenvalue weighted by Gasteiger charge is 2.41. The molecule has 0 saturated heterocycles. The average molecular weight is 359 g/mol. The normalized spacial score (nSPS) is 14.1. The lowest BCUT2D eigenvalue weighted by Gasteiger charge is -2.20. The summed E-state index contributed by atoms with van der Waals surface area (Å²) in [5, 5.41) is 0. The Morgan fingerprint density at radius 2 is 1.65 bits per heavy atom. The molecule has 1 aromatic carbocycles. The molecule has 0 aliphatic carbocycles. The summed E-state index contributed by atoms with van der Waals surface area (Å²) in [6, 6.07) is 4.82. The summed E-state index contributed by atoms with van der Waals surface area (Å²) in [4.78, 5) is 50.2. The lowest BCUT2D eigenvalue weighted by Crippen LogP contribution is -2.35. The van der Waals surface area contributed by atoms with Crippen molar-refractivity contribution in [3.8, 4) is 0 Å². The van der Waals surface area contributed by atoms with Crippen LogP contribution < -0.4 is 4.90 Å². The van der Waals surface area contributed by atoms with Crippen molar-refractivity contribution < 1.29 is 28.7 Å². The maximum absolute atomic E-state index is 12.5. The monoisotopic (exact) mass is 359 g/mol. The highest BCUT2D eigenvalue weighted by atomic mass is 16.5. The first-order valence-electron chi connectivity index (χ1n) is 8.24. The number of Topliss-reactive ketones (excluding diaryl/α,β-unsaturated/α-hetero) is 1. The second kappa shape index (κ2) is 7.51. The van der Waals surface area contributed by atoms with Gasteiger partial charge < -0.3 is 9.47 Å². The number of rotatable bonds is 5. The van der Waals surface area contributed by atoms with E-state index in [0.717, 1.165) is 16.5 Å². The molecule has 0 saturated carbocycles. The molecule has 7 nitrogen and oxygen atoms in total. The largest absolute Gasteiger partial charge is 0.460 e. The van der Waals surface area contributed by atoms with E-state index in [0.29, 0.717) is 0 Å². The number of carbonyl (C=O) groups excluding carboxylic acids is 4. The van der Waals surface area contributed by atoms with Crippen LogP contribution in [0, 0.1) is 6.92 Å². The Labute approximate surface area is 151 Å². The molecule has 26 heavy (non-hydrogen) atoms. The molecule has 0 bridgehead atoms. The Bertz CT molecular complexity index is 806. The number of fused-ring (bicyclic) bond motifs is 1. The molecule has 1 amide bonds. The maximum Gasteiger partial charge on any atom is 0.355 e. The molecule has 0 atom stereocenters. The standard InChI is InChI=1S/C19H21NO6/c1-10(2)25-16(21)9-15(19(24)26-11(3)4)20-14-7-6-12(5)8-13(14)17(22)18(20)23/h6-11H,1-5H3/b15-9+. The lowest BCUT2D eigenvalue weighted by molar-refractivity contribution is -0.145. The predicted molar refractivity (Wildman–Crippen MR) is 93.5 cm³/mol. The second-order valence-corrected chi connectivity index (χ2v) is 6.46. The quantitative estimate of drug-likeness (QED) is 0.455.